The Morgan fingerprint density at radius 1 is 1.62 bits per heavy atom. The maximum absolute atomic E-state index is 12.1. The Morgan fingerprint density at radius 2 is 2.38 bits per heavy atom. The number of rotatable bonds is 5. The summed E-state index contributed by atoms with van der Waals surface area (Å²) in [5.41, 5.74) is 5.52. The van der Waals surface area contributed by atoms with Gasteiger partial charge in [-0.15, -0.1) is 0 Å². The summed E-state index contributed by atoms with van der Waals surface area (Å²) < 4.78 is 1.96. The number of nitrogens with zero attached hydrogens (tertiary/aromatic N) is 2. The van der Waals surface area contributed by atoms with Crippen LogP contribution < -0.4 is 5.73 Å². The average Bonchev–Trinajstić information content (AvgIpc) is 2.60. The first-order valence-electron chi connectivity index (χ1n) is 5.87. The van der Waals surface area contributed by atoms with Gasteiger partial charge in [-0.1, -0.05) is 6.42 Å². The standard InChI is InChI=1S/C12H19N3O/c1-15-8-7-14-11(15)4-3-10(16)12(9-13)5-2-6-12/h7-8H,2-6,9,13H2,1H3. The zero-order valence-electron chi connectivity index (χ0n) is 9.78. The average molecular weight is 221 g/mol. The zero-order chi connectivity index (χ0) is 11.6. The minimum absolute atomic E-state index is 0.189. The first-order chi connectivity index (χ1) is 7.68. The second kappa shape index (κ2) is 4.37. The van der Waals surface area contributed by atoms with Crippen molar-refractivity contribution < 1.29 is 4.79 Å². The Hall–Kier alpha value is -1.16. The normalized spacial score (nSPS) is 18.1. The Morgan fingerprint density at radius 3 is 2.81 bits per heavy atom. The van der Waals surface area contributed by atoms with Gasteiger partial charge in [-0.3, -0.25) is 4.79 Å². The van der Waals surface area contributed by atoms with E-state index in [0.29, 0.717) is 18.7 Å². The van der Waals surface area contributed by atoms with Crippen molar-refractivity contribution in [1.82, 2.24) is 9.55 Å². The topological polar surface area (TPSA) is 60.9 Å². The van der Waals surface area contributed by atoms with E-state index in [0.717, 1.165) is 31.5 Å². The number of Topliss-reactive ketones (excluding diaryl/α,β-unsaturated/α-hetero) is 1. The molecule has 0 amide bonds. The molecule has 0 unspecified atom stereocenters. The van der Waals surface area contributed by atoms with E-state index < -0.39 is 0 Å². The third kappa shape index (κ3) is 1.89. The Bertz CT molecular complexity index is 374. The number of hydrogen-bond donors (Lipinski definition) is 1. The fourth-order valence-electron chi connectivity index (χ4n) is 2.33. The molecule has 16 heavy (non-hydrogen) atoms. The third-order valence-electron chi connectivity index (χ3n) is 3.79. The molecule has 0 aliphatic heterocycles. The molecule has 0 radical (unpaired) electrons. The molecule has 2 N–H and O–H groups in total. The van der Waals surface area contributed by atoms with Crippen molar-refractivity contribution in [2.24, 2.45) is 18.2 Å². The van der Waals surface area contributed by atoms with E-state index in [4.69, 9.17) is 5.73 Å². The van der Waals surface area contributed by atoms with Crippen LogP contribution in [0.1, 0.15) is 31.5 Å². The fourth-order valence-corrected chi connectivity index (χ4v) is 2.33. The monoisotopic (exact) mass is 221 g/mol. The van der Waals surface area contributed by atoms with E-state index in [-0.39, 0.29) is 5.41 Å². The highest BCUT2D eigenvalue weighted by Crippen LogP contribution is 2.41. The molecular formula is C12H19N3O. The minimum atomic E-state index is -0.189. The number of imidazole rings is 1. The molecule has 88 valence electrons. The molecular weight excluding hydrogens is 202 g/mol. The Kier molecular flexibility index (Phi) is 3.10. The molecule has 1 aromatic heterocycles. The largest absolute Gasteiger partial charge is 0.338 e. The van der Waals surface area contributed by atoms with Crippen LogP contribution >= 0.6 is 0 Å². The lowest BCUT2D eigenvalue weighted by Gasteiger charge is -2.39. The molecule has 4 heteroatoms. The van der Waals surface area contributed by atoms with Crippen LogP contribution in [0.15, 0.2) is 12.4 Å². The van der Waals surface area contributed by atoms with Crippen molar-refractivity contribution in [3.8, 4) is 0 Å². The highest BCUT2D eigenvalue weighted by molar-refractivity contribution is 5.86. The number of aromatic nitrogens is 2. The van der Waals surface area contributed by atoms with E-state index in [2.05, 4.69) is 4.98 Å². The van der Waals surface area contributed by atoms with Gasteiger partial charge >= 0.3 is 0 Å². The third-order valence-corrected chi connectivity index (χ3v) is 3.79. The molecule has 0 bridgehead atoms. The van der Waals surface area contributed by atoms with Gasteiger partial charge < -0.3 is 10.3 Å². The molecule has 1 aromatic rings. The van der Waals surface area contributed by atoms with Gasteiger partial charge in [0.05, 0.1) is 0 Å². The number of carbonyl (C=O) groups excluding carboxylic acids is 1. The van der Waals surface area contributed by atoms with Crippen LogP contribution in [0.2, 0.25) is 0 Å². The van der Waals surface area contributed by atoms with E-state index in [1.165, 1.54) is 0 Å². The van der Waals surface area contributed by atoms with Gasteiger partial charge in [-0.05, 0) is 12.8 Å². The predicted molar refractivity (Wildman–Crippen MR) is 61.9 cm³/mol. The molecule has 0 saturated heterocycles. The molecule has 0 atom stereocenters. The lowest BCUT2D eigenvalue weighted by Crippen LogP contribution is -2.44. The highest BCUT2D eigenvalue weighted by Gasteiger charge is 2.41. The maximum Gasteiger partial charge on any atom is 0.140 e. The number of nitrogens with two attached hydrogens (primary N) is 1. The predicted octanol–water partition coefficient (Wildman–Crippen LogP) is 1.05. The van der Waals surface area contributed by atoms with E-state index in [1.54, 1.807) is 6.20 Å². The molecule has 4 nitrogen and oxygen atoms in total. The van der Waals surface area contributed by atoms with Gasteiger partial charge in [-0.2, -0.15) is 0 Å². The number of aryl methyl sites for hydroxylation is 2. The van der Waals surface area contributed by atoms with Gasteiger partial charge in [0.15, 0.2) is 0 Å². The van der Waals surface area contributed by atoms with Crippen molar-refractivity contribution in [2.75, 3.05) is 6.54 Å². The van der Waals surface area contributed by atoms with Gasteiger partial charge in [0.25, 0.3) is 0 Å². The summed E-state index contributed by atoms with van der Waals surface area (Å²) in [7, 11) is 1.95. The second-order valence-electron chi connectivity index (χ2n) is 4.72. The van der Waals surface area contributed by atoms with Crippen LogP contribution in [0.3, 0.4) is 0 Å². The Balaban J connectivity index is 1.91. The summed E-state index contributed by atoms with van der Waals surface area (Å²) >= 11 is 0. The van der Waals surface area contributed by atoms with Crippen molar-refractivity contribution >= 4 is 5.78 Å². The molecule has 1 aliphatic rings. The first-order valence-corrected chi connectivity index (χ1v) is 5.87. The Labute approximate surface area is 95.9 Å². The molecule has 0 aromatic carbocycles. The van der Waals surface area contributed by atoms with Crippen LogP contribution in [0.4, 0.5) is 0 Å². The van der Waals surface area contributed by atoms with Gasteiger partial charge in [0.2, 0.25) is 0 Å². The lowest BCUT2D eigenvalue weighted by atomic mass is 9.65. The number of ketones is 1. The van der Waals surface area contributed by atoms with Gasteiger partial charge in [-0.25, -0.2) is 4.98 Å². The number of hydrogen-bond acceptors (Lipinski definition) is 3. The molecule has 1 heterocycles. The molecule has 1 fully saturated rings. The lowest BCUT2D eigenvalue weighted by molar-refractivity contribution is -0.132. The van der Waals surface area contributed by atoms with E-state index in [9.17, 15) is 4.79 Å². The molecule has 1 aliphatic carbocycles. The molecule has 2 rings (SSSR count). The second-order valence-corrected chi connectivity index (χ2v) is 4.72. The van der Waals surface area contributed by atoms with Crippen molar-refractivity contribution in [3.63, 3.8) is 0 Å². The van der Waals surface area contributed by atoms with Gasteiger partial charge in [0, 0.05) is 44.2 Å². The summed E-state index contributed by atoms with van der Waals surface area (Å²) in [4.78, 5) is 16.3. The summed E-state index contributed by atoms with van der Waals surface area (Å²) in [6.45, 7) is 0.506. The zero-order valence-corrected chi connectivity index (χ0v) is 9.78. The van der Waals surface area contributed by atoms with E-state index >= 15 is 0 Å². The number of carbonyl (C=O) groups is 1. The minimum Gasteiger partial charge on any atom is -0.338 e. The van der Waals surface area contributed by atoms with E-state index in [1.807, 2.05) is 17.8 Å². The first kappa shape index (κ1) is 11.3. The van der Waals surface area contributed by atoms with Crippen molar-refractivity contribution in [2.45, 2.75) is 32.1 Å². The summed E-state index contributed by atoms with van der Waals surface area (Å²) in [5.74, 6) is 1.30. The maximum atomic E-state index is 12.1. The highest BCUT2D eigenvalue weighted by atomic mass is 16.1. The molecule has 1 saturated carbocycles. The van der Waals surface area contributed by atoms with Crippen LogP contribution in [-0.4, -0.2) is 21.9 Å². The summed E-state index contributed by atoms with van der Waals surface area (Å²) in [6, 6.07) is 0. The SMILES string of the molecule is Cn1ccnc1CCC(=O)C1(CN)CCC1. The summed E-state index contributed by atoms with van der Waals surface area (Å²) in [6.07, 6.45) is 8.06. The fraction of sp³-hybridized carbons (Fsp3) is 0.667. The smallest absolute Gasteiger partial charge is 0.140 e. The van der Waals surface area contributed by atoms with Crippen molar-refractivity contribution in [1.29, 1.82) is 0 Å². The van der Waals surface area contributed by atoms with Crippen molar-refractivity contribution in [3.05, 3.63) is 18.2 Å². The summed E-state index contributed by atoms with van der Waals surface area (Å²) in [5, 5.41) is 0. The van der Waals surface area contributed by atoms with Gasteiger partial charge in [0.1, 0.15) is 11.6 Å². The van der Waals surface area contributed by atoms with Crippen LogP contribution in [-0.2, 0) is 18.3 Å². The quantitative estimate of drug-likeness (QED) is 0.808. The van der Waals surface area contributed by atoms with Crippen LogP contribution in [0.5, 0.6) is 0 Å². The molecule has 0 spiro atoms. The van der Waals surface area contributed by atoms with Crippen LogP contribution in [0, 0.1) is 5.41 Å². The van der Waals surface area contributed by atoms with Crippen LogP contribution in [0.25, 0.3) is 0 Å².